The molecule has 10 nitrogen and oxygen atoms in total. The summed E-state index contributed by atoms with van der Waals surface area (Å²) in [6.45, 7) is 2.66. The quantitative estimate of drug-likeness (QED) is 0.379. The minimum Gasteiger partial charge on any atom is -0.352 e. The van der Waals surface area contributed by atoms with Gasteiger partial charge in [0, 0.05) is 42.2 Å². The van der Waals surface area contributed by atoms with E-state index in [0.717, 1.165) is 62.9 Å². The number of hydrogen-bond acceptors (Lipinski definition) is 6. The molecule has 4 amide bonds. The molecule has 0 bridgehead atoms. The summed E-state index contributed by atoms with van der Waals surface area (Å²) in [5, 5.41) is 10.2. The number of carbonyl (C=O) groups is 4. The van der Waals surface area contributed by atoms with Gasteiger partial charge in [-0.1, -0.05) is 61.2 Å². The van der Waals surface area contributed by atoms with Gasteiger partial charge in [0.15, 0.2) is 0 Å². The van der Waals surface area contributed by atoms with Gasteiger partial charge in [-0.2, -0.15) is 0 Å². The van der Waals surface area contributed by atoms with Gasteiger partial charge in [-0.25, -0.2) is 0 Å². The van der Waals surface area contributed by atoms with E-state index in [0.29, 0.717) is 44.0 Å². The molecule has 1 aliphatic carbocycles. The van der Waals surface area contributed by atoms with Gasteiger partial charge >= 0.3 is 0 Å². The summed E-state index contributed by atoms with van der Waals surface area (Å²) in [6.07, 6.45) is 8.13. The van der Waals surface area contributed by atoms with Crippen molar-refractivity contribution >= 4 is 40.9 Å². The normalized spacial score (nSPS) is 21.1. The summed E-state index contributed by atoms with van der Waals surface area (Å²) in [5.74, 6) is -0.534. The van der Waals surface area contributed by atoms with Crippen molar-refractivity contribution in [1.29, 1.82) is 0 Å². The van der Waals surface area contributed by atoms with Crippen LogP contribution in [0.3, 0.4) is 0 Å². The van der Waals surface area contributed by atoms with Crippen molar-refractivity contribution < 1.29 is 19.2 Å². The van der Waals surface area contributed by atoms with Crippen LogP contribution in [0.5, 0.6) is 0 Å². The first kappa shape index (κ1) is 33.3. The zero-order chi connectivity index (χ0) is 32.8. The van der Waals surface area contributed by atoms with E-state index >= 15 is 0 Å². The molecule has 4 aliphatic rings. The smallest absolute Gasteiger partial charge is 0.250 e. The van der Waals surface area contributed by atoms with E-state index < -0.39 is 11.6 Å². The van der Waals surface area contributed by atoms with E-state index in [1.54, 1.807) is 21.9 Å². The minimum atomic E-state index is -0.854. The molecule has 2 aromatic rings. The Balaban J connectivity index is 1.16. The van der Waals surface area contributed by atoms with Gasteiger partial charge in [0.2, 0.25) is 17.7 Å². The fourth-order valence-electron chi connectivity index (χ4n) is 7.76. The molecule has 3 aliphatic heterocycles. The number of carbonyl (C=O) groups excluding carboxylic acids is 4. The van der Waals surface area contributed by atoms with Crippen molar-refractivity contribution in [3.63, 3.8) is 0 Å². The van der Waals surface area contributed by atoms with Gasteiger partial charge in [-0.05, 0) is 81.4 Å². The van der Waals surface area contributed by atoms with Crippen molar-refractivity contribution in [2.24, 2.45) is 5.92 Å². The lowest BCUT2D eigenvalue weighted by atomic mass is 9.85. The molecule has 47 heavy (non-hydrogen) atoms. The van der Waals surface area contributed by atoms with Crippen LogP contribution in [0.1, 0.15) is 63.4 Å². The number of nitrogens with one attached hydrogen (secondary N) is 3. The number of anilines is 1. The van der Waals surface area contributed by atoms with Crippen LogP contribution in [0, 0.1) is 5.92 Å². The zero-order valence-electron chi connectivity index (χ0n) is 27.1. The maximum absolute atomic E-state index is 14.2. The predicted octanol–water partition coefficient (Wildman–Crippen LogP) is 3.48. The lowest BCUT2D eigenvalue weighted by Crippen LogP contribution is -2.60. The lowest BCUT2D eigenvalue weighted by molar-refractivity contribution is -0.142. The molecule has 1 saturated carbocycles. The summed E-state index contributed by atoms with van der Waals surface area (Å²) in [7, 11) is 0. The molecule has 6 rings (SSSR count). The van der Waals surface area contributed by atoms with Gasteiger partial charge in [0.05, 0.1) is 6.67 Å². The summed E-state index contributed by atoms with van der Waals surface area (Å²) >= 11 is 6.12. The standard InChI is InChI=1S/C36H47ClN6O4/c37-28-13-11-26(12-14-28)23-31(40-33(45)27-15-19-38-20-16-27)34(46)41-21-17-36(18-22-41)35(47)42(25-43(36)30-9-5-2-6-10-30)24-32(44)39-29-7-3-1-4-8-29/h2,5-6,9-14,27,29,31,38H,1,3-4,7-8,15-25H2,(H,39,44)(H,40,45)/t31-/m1/s1. The number of halogens is 1. The largest absolute Gasteiger partial charge is 0.352 e. The van der Waals surface area contributed by atoms with Crippen molar-refractivity contribution in [3.05, 3.63) is 65.2 Å². The third-order valence-corrected chi connectivity index (χ3v) is 10.7. The van der Waals surface area contributed by atoms with Crippen LogP contribution < -0.4 is 20.9 Å². The summed E-state index contributed by atoms with van der Waals surface area (Å²) < 4.78 is 0. The van der Waals surface area contributed by atoms with E-state index in [4.69, 9.17) is 11.6 Å². The first-order chi connectivity index (χ1) is 22.8. The van der Waals surface area contributed by atoms with Gasteiger partial charge < -0.3 is 30.7 Å². The van der Waals surface area contributed by atoms with Crippen LogP contribution >= 0.6 is 11.6 Å². The molecule has 0 radical (unpaired) electrons. The highest BCUT2D eigenvalue weighted by Gasteiger charge is 2.54. The van der Waals surface area contributed by atoms with Crippen LogP contribution in [0.4, 0.5) is 5.69 Å². The number of rotatable bonds is 9. The summed E-state index contributed by atoms with van der Waals surface area (Å²) in [6, 6.07) is 16.7. The Morgan fingerprint density at radius 1 is 0.915 bits per heavy atom. The maximum Gasteiger partial charge on any atom is 0.250 e. The zero-order valence-corrected chi connectivity index (χ0v) is 27.9. The van der Waals surface area contributed by atoms with Crippen molar-refractivity contribution in [1.82, 2.24) is 25.8 Å². The van der Waals surface area contributed by atoms with E-state index in [2.05, 4.69) is 20.9 Å². The monoisotopic (exact) mass is 662 g/mol. The number of nitrogens with zero attached hydrogens (tertiary/aromatic N) is 3. The molecule has 1 atom stereocenters. The molecular weight excluding hydrogens is 616 g/mol. The van der Waals surface area contributed by atoms with E-state index in [1.807, 2.05) is 42.5 Å². The Hall–Kier alpha value is -3.63. The Morgan fingerprint density at radius 2 is 1.60 bits per heavy atom. The van der Waals surface area contributed by atoms with Gasteiger partial charge in [-0.15, -0.1) is 0 Å². The molecule has 3 N–H and O–H groups in total. The highest BCUT2D eigenvalue weighted by atomic mass is 35.5. The molecule has 4 fully saturated rings. The Morgan fingerprint density at radius 3 is 2.28 bits per heavy atom. The molecule has 252 valence electrons. The van der Waals surface area contributed by atoms with Crippen LogP contribution in [-0.2, 0) is 25.6 Å². The maximum atomic E-state index is 14.2. The van der Waals surface area contributed by atoms with E-state index in [9.17, 15) is 19.2 Å². The summed E-state index contributed by atoms with van der Waals surface area (Å²) in [4.78, 5) is 60.4. The van der Waals surface area contributed by atoms with Crippen LogP contribution in [0.15, 0.2) is 54.6 Å². The molecule has 3 saturated heterocycles. The van der Waals surface area contributed by atoms with E-state index in [1.165, 1.54) is 6.42 Å². The highest BCUT2D eigenvalue weighted by Crippen LogP contribution is 2.39. The predicted molar refractivity (Wildman–Crippen MR) is 182 cm³/mol. The molecular formula is C36H47ClN6O4. The van der Waals surface area contributed by atoms with Crippen LogP contribution in [0.2, 0.25) is 5.02 Å². The van der Waals surface area contributed by atoms with Gasteiger partial charge in [0.1, 0.15) is 18.1 Å². The molecule has 0 unspecified atom stereocenters. The number of amides is 4. The first-order valence-electron chi connectivity index (χ1n) is 17.3. The lowest BCUT2D eigenvalue weighted by Gasteiger charge is -2.44. The Kier molecular flexibility index (Phi) is 10.7. The molecule has 2 aromatic carbocycles. The molecule has 3 heterocycles. The van der Waals surface area contributed by atoms with Crippen molar-refractivity contribution in [2.75, 3.05) is 44.3 Å². The topological polar surface area (TPSA) is 114 Å². The average molecular weight is 663 g/mol. The number of benzene rings is 2. The number of piperidine rings is 2. The van der Waals surface area contributed by atoms with Gasteiger partial charge in [-0.3, -0.25) is 19.2 Å². The fourth-order valence-corrected chi connectivity index (χ4v) is 7.89. The molecule has 11 heteroatoms. The fraction of sp³-hybridized carbons (Fsp3) is 0.556. The molecule has 0 aromatic heterocycles. The third kappa shape index (κ3) is 7.75. The van der Waals surface area contributed by atoms with Crippen LogP contribution in [-0.4, -0.2) is 90.4 Å². The second kappa shape index (κ2) is 15.1. The SMILES string of the molecule is O=C(CN1CN(c2ccccc2)C2(CCN(C(=O)[C@@H](Cc3ccc(Cl)cc3)NC(=O)C3CCNCC3)CC2)C1=O)NC1CCCCC1. The number of likely N-dealkylation sites (tertiary alicyclic amines) is 1. The highest BCUT2D eigenvalue weighted by molar-refractivity contribution is 6.30. The molecule has 1 spiro atoms. The minimum absolute atomic E-state index is 0.0228. The van der Waals surface area contributed by atoms with Crippen LogP contribution in [0.25, 0.3) is 0 Å². The second-order valence-corrected chi connectivity index (χ2v) is 14.0. The second-order valence-electron chi connectivity index (χ2n) is 13.6. The third-order valence-electron chi connectivity index (χ3n) is 10.5. The van der Waals surface area contributed by atoms with Gasteiger partial charge in [0.25, 0.3) is 5.91 Å². The van der Waals surface area contributed by atoms with Crippen molar-refractivity contribution in [2.45, 2.75) is 81.8 Å². The summed E-state index contributed by atoms with van der Waals surface area (Å²) in [5.41, 5.74) is 0.980. The number of hydrogen-bond donors (Lipinski definition) is 3. The number of para-hydroxylation sites is 1. The Bertz CT molecular complexity index is 1400. The Labute approximate surface area is 282 Å². The average Bonchev–Trinajstić information content (AvgIpc) is 3.36. The van der Waals surface area contributed by atoms with Crippen molar-refractivity contribution in [3.8, 4) is 0 Å². The first-order valence-corrected chi connectivity index (χ1v) is 17.7. The van der Waals surface area contributed by atoms with E-state index in [-0.39, 0.29) is 42.1 Å².